The first kappa shape index (κ1) is 21.2. The van der Waals surface area contributed by atoms with Crippen LogP contribution in [0.3, 0.4) is 0 Å². The Morgan fingerprint density at radius 1 is 1.03 bits per heavy atom. The van der Waals surface area contributed by atoms with Gasteiger partial charge in [0.1, 0.15) is 5.82 Å². The average Bonchev–Trinajstić information content (AvgIpc) is 2.69. The Balaban J connectivity index is 1.46. The van der Waals surface area contributed by atoms with Gasteiger partial charge in [0, 0.05) is 51.9 Å². The molecule has 0 radical (unpaired) electrons. The lowest BCUT2D eigenvalue weighted by Crippen LogP contribution is -2.48. The minimum absolute atomic E-state index is 0.149. The Kier molecular flexibility index (Phi) is 6.83. The molecule has 0 spiro atoms. The van der Waals surface area contributed by atoms with Gasteiger partial charge in [0.05, 0.1) is 10.6 Å². The molecule has 7 nitrogen and oxygen atoms in total. The second-order valence-electron chi connectivity index (χ2n) is 6.88. The number of nitrogens with zero attached hydrogens (tertiary/aromatic N) is 2. The van der Waals surface area contributed by atoms with Crippen molar-refractivity contribution in [1.82, 2.24) is 9.62 Å². The number of carbonyl (C=O) groups is 1. The van der Waals surface area contributed by atoms with Crippen LogP contribution in [0.4, 0.5) is 15.8 Å². The van der Waals surface area contributed by atoms with E-state index in [1.165, 1.54) is 25.1 Å². The fourth-order valence-electron chi connectivity index (χ4n) is 3.26. The summed E-state index contributed by atoms with van der Waals surface area (Å²) < 4.78 is 41.3. The number of sulfonamides is 1. The molecule has 0 saturated carbocycles. The molecule has 0 bridgehead atoms. The fraction of sp³-hybridized carbons (Fsp3) is 0.350. The summed E-state index contributed by atoms with van der Waals surface area (Å²) in [5.41, 5.74) is 1.15. The first-order chi connectivity index (χ1) is 13.8. The number of hydrogen-bond acceptors (Lipinski definition) is 5. The van der Waals surface area contributed by atoms with Crippen molar-refractivity contribution in [2.75, 3.05) is 49.5 Å². The van der Waals surface area contributed by atoms with E-state index in [4.69, 9.17) is 0 Å². The number of halogens is 1. The van der Waals surface area contributed by atoms with E-state index in [2.05, 4.69) is 14.9 Å². The lowest BCUT2D eigenvalue weighted by Gasteiger charge is -2.36. The van der Waals surface area contributed by atoms with Gasteiger partial charge in [-0.15, -0.1) is 0 Å². The van der Waals surface area contributed by atoms with Crippen LogP contribution in [0.2, 0.25) is 0 Å². The second kappa shape index (κ2) is 9.34. The predicted molar refractivity (Wildman–Crippen MR) is 111 cm³/mol. The summed E-state index contributed by atoms with van der Waals surface area (Å²) >= 11 is 0. The lowest BCUT2D eigenvalue weighted by atomic mass is 10.2. The molecule has 0 unspecified atom stereocenters. The topological polar surface area (TPSA) is 81.7 Å². The van der Waals surface area contributed by atoms with Crippen LogP contribution < -0.4 is 14.9 Å². The molecule has 0 aromatic heterocycles. The van der Waals surface area contributed by atoms with E-state index in [1.807, 2.05) is 11.0 Å². The van der Waals surface area contributed by atoms with E-state index in [9.17, 15) is 17.6 Å². The third kappa shape index (κ3) is 5.75. The van der Waals surface area contributed by atoms with Gasteiger partial charge in [-0.3, -0.25) is 9.69 Å². The molecule has 3 rings (SSSR count). The van der Waals surface area contributed by atoms with Gasteiger partial charge in [-0.2, -0.15) is 0 Å². The van der Waals surface area contributed by atoms with Gasteiger partial charge >= 0.3 is 0 Å². The van der Waals surface area contributed by atoms with E-state index in [0.717, 1.165) is 13.1 Å². The number of carbonyl (C=O) groups excluding carboxylic acids is 1. The summed E-state index contributed by atoms with van der Waals surface area (Å²) in [7, 11) is -3.62. The Labute approximate surface area is 170 Å². The summed E-state index contributed by atoms with van der Waals surface area (Å²) in [6.07, 6.45) is 0. The number of anilines is 2. The molecule has 1 heterocycles. The van der Waals surface area contributed by atoms with E-state index < -0.39 is 10.0 Å². The highest BCUT2D eigenvalue weighted by molar-refractivity contribution is 7.89. The molecule has 1 saturated heterocycles. The average molecular weight is 421 g/mol. The Morgan fingerprint density at radius 2 is 1.69 bits per heavy atom. The van der Waals surface area contributed by atoms with Crippen molar-refractivity contribution in [3.8, 4) is 0 Å². The van der Waals surface area contributed by atoms with Gasteiger partial charge in [0.25, 0.3) is 0 Å². The lowest BCUT2D eigenvalue weighted by molar-refractivity contribution is -0.114. The van der Waals surface area contributed by atoms with Gasteiger partial charge in [0.2, 0.25) is 15.9 Å². The summed E-state index contributed by atoms with van der Waals surface area (Å²) in [4.78, 5) is 15.3. The molecule has 2 N–H and O–H groups in total. The van der Waals surface area contributed by atoms with Gasteiger partial charge < -0.3 is 10.2 Å². The highest BCUT2D eigenvalue weighted by Gasteiger charge is 2.20. The zero-order chi connectivity index (χ0) is 20.9. The highest BCUT2D eigenvalue weighted by atomic mass is 32.2. The molecule has 2 aromatic carbocycles. The summed E-state index contributed by atoms with van der Waals surface area (Å²) in [6, 6.07) is 12.8. The number of nitrogens with one attached hydrogen (secondary N) is 2. The maximum Gasteiger partial charge on any atom is 0.240 e. The van der Waals surface area contributed by atoms with Crippen LogP contribution in [-0.2, 0) is 14.8 Å². The zero-order valence-electron chi connectivity index (χ0n) is 16.3. The zero-order valence-corrected chi connectivity index (χ0v) is 17.1. The molecule has 1 aliphatic heterocycles. The van der Waals surface area contributed by atoms with Gasteiger partial charge in [-0.1, -0.05) is 12.1 Å². The SMILES string of the molecule is CC(=O)Nc1ccc(S(=O)(=O)NCCN2CCN(c3ccccc3F)CC2)cc1. The molecule has 0 atom stereocenters. The number of hydrogen-bond donors (Lipinski definition) is 2. The molecule has 156 valence electrons. The van der Waals surface area contributed by atoms with E-state index in [0.29, 0.717) is 31.0 Å². The number of piperazine rings is 1. The molecule has 1 aliphatic rings. The van der Waals surface area contributed by atoms with Crippen molar-refractivity contribution in [2.45, 2.75) is 11.8 Å². The number of amides is 1. The monoisotopic (exact) mass is 420 g/mol. The van der Waals surface area contributed by atoms with Gasteiger partial charge in [-0.25, -0.2) is 17.5 Å². The molecular weight excluding hydrogens is 395 g/mol. The maximum absolute atomic E-state index is 13.9. The first-order valence-corrected chi connectivity index (χ1v) is 10.9. The summed E-state index contributed by atoms with van der Waals surface area (Å²) in [5, 5.41) is 2.60. The van der Waals surface area contributed by atoms with E-state index in [-0.39, 0.29) is 23.2 Å². The molecule has 1 fully saturated rings. The fourth-order valence-corrected chi connectivity index (χ4v) is 4.28. The minimum atomic E-state index is -3.62. The van der Waals surface area contributed by atoms with Crippen LogP contribution in [-0.4, -0.2) is 58.5 Å². The Bertz CT molecular complexity index is 942. The quantitative estimate of drug-likeness (QED) is 0.715. The molecule has 0 aliphatic carbocycles. The summed E-state index contributed by atoms with van der Waals surface area (Å²) in [6.45, 7) is 5.12. The van der Waals surface area contributed by atoms with Crippen LogP contribution in [0.5, 0.6) is 0 Å². The standard InChI is InChI=1S/C20H25FN4O3S/c1-16(26)23-17-6-8-18(9-7-17)29(27,28)22-10-11-24-12-14-25(15-13-24)20-5-3-2-4-19(20)21/h2-9,22H,10-15H2,1H3,(H,23,26). The third-order valence-corrected chi connectivity index (χ3v) is 6.25. The largest absolute Gasteiger partial charge is 0.367 e. The van der Waals surface area contributed by atoms with E-state index in [1.54, 1.807) is 24.3 Å². The van der Waals surface area contributed by atoms with Crippen LogP contribution in [0.15, 0.2) is 53.4 Å². The smallest absolute Gasteiger partial charge is 0.240 e. The van der Waals surface area contributed by atoms with Crippen molar-refractivity contribution >= 4 is 27.3 Å². The Morgan fingerprint density at radius 3 is 2.31 bits per heavy atom. The first-order valence-electron chi connectivity index (χ1n) is 9.44. The van der Waals surface area contributed by atoms with Gasteiger partial charge in [0.15, 0.2) is 0 Å². The molecule has 9 heteroatoms. The van der Waals surface area contributed by atoms with Crippen molar-refractivity contribution in [3.05, 3.63) is 54.3 Å². The molecule has 2 aromatic rings. The van der Waals surface area contributed by atoms with Crippen molar-refractivity contribution in [1.29, 1.82) is 0 Å². The summed E-state index contributed by atoms with van der Waals surface area (Å²) in [5.74, 6) is -0.438. The predicted octanol–water partition coefficient (Wildman–Crippen LogP) is 1.88. The van der Waals surface area contributed by atoms with Crippen LogP contribution in [0.25, 0.3) is 0 Å². The third-order valence-electron chi connectivity index (χ3n) is 4.77. The minimum Gasteiger partial charge on any atom is -0.367 e. The maximum atomic E-state index is 13.9. The molecular formula is C20H25FN4O3S. The van der Waals surface area contributed by atoms with Crippen molar-refractivity contribution in [2.24, 2.45) is 0 Å². The van der Waals surface area contributed by atoms with Crippen LogP contribution in [0, 0.1) is 5.82 Å². The molecule has 1 amide bonds. The highest BCUT2D eigenvalue weighted by Crippen LogP contribution is 2.20. The van der Waals surface area contributed by atoms with Gasteiger partial charge in [-0.05, 0) is 36.4 Å². The Hall–Kier alpha value is -2.49. The van der Waals surface area contributed by atoms with Crippen molar-refractivity contribution < 1.29 is 17.6 Å². The van der Waals surface area contributed by atoms with E-state index >= 15 is 0 Å². The number of benzene rings is 2. The van der Waals surface area contributed by atoms with Crippen molar-refractivity contribution in [3.63, 3.8) is 0 Å². The second-order valence-corrected chi connectivity index (χ2v) is 8.65. The molecule has 29 heavy (non-hydrogen) atoms. The van der Waals surface area contributed by atoms with Crippen LogP contribution in [0.1, 0.15) is 6.92 Å². The number of para-hydroxylation sites is 1. The number of rotatable bonds is 7. The van der Waals surface area contributed by atoms with Crippen LogP contribution >= 0.6 is 0 Å². The normalized spacial score (nSPS) is 15.3.